The molecule has 0 unspecified atom stereocenters. The number of carbonyl (C=O) groups is 1. The minimum Gasteiger partial charge on any atom is -0.497 e. The van der Waals surface area contributed by atoms with E-state index in [2.05, 4.69) is 10.3 Å². The maximum atomic E-state index is 12.6. The van der Waals surface area contributed by atoms with Crippen molar-refractivity contribution in [3.63, 3.8) is 0 Å². The van der Waals surface area contributed by atoms with Crippen molar-refractivity contribution < 1.29 is 14.3 Å². The number of H-pyrrole nitrogens is 1. The van der Waals surface area contributed by atoms with Crippen LogP contribution in [0.4, 0.5) is 5.69 Å². The van der Waals surface area contributed by atoms with E-state index in [0.29, 0.717) is 28.3 Å². The maximum Gasteiger partial charge on any atom is 0.259 e. The van der Waals surface area contributed by atoms with Gasteiger partial charge in [0.15, 0.2) is 0 Å². The first kappa shape index (κ1) is 17.5. The quantitative estimate of drug-likeness (QED) is 0.738. The van der Waals surface area contributed by atoms with Gasteiger partial charge in [0.05, 0.1) is 25.3 Å². The molecule has 3 rings (SSSR count). The van der Waals surface area contributed by atoms with E-state index in [9.17, 15) is 9.59 Å². The van der Waals surface area contributed by atoms with Crippen molar-refractivity contribution in [3.8, 4) is 11.5 Å². The van der Waals surface area contributed by atoms with Crippen LogP contribution in [0.5, 0.6) is 11.5 Å². The fraction of sp³-hybridized carbons (Fsp3) is 0.200. The standard InChI is InChI=1S/C20H20N2O4/c1-4-12-9-19(23)22-17-10-13(5-7-15(12)17)21-20(24)16-8-6-14(25-2)11-18(16)26-3/h5-11H,4H2,1-3H3,(H,21,24)(H,22,23). The van der Waals surface area contributed by atoms with Gasteiger partial charge >= 0.3 is 0 Å². The molecule has 0 aliphatic carbocycles. The average molecular weight is 352 g/mol. The van der Waals surface area contributed by atoms with Crippen molar-refractivity contribution in [1.82, 2.24) is 4.98 Å². The van der Waals surface area contributed by atoms with E-state index in [4.69, 9.17) is 9.47 Å². The normalized spacial score (nSPS) is 10.6. The predicted molar refractivity (Wildman–Crippen MR) is 101 cm³/mol. The van der Waals surface area contributed by atoms with Crippen LogP contribution in [-0.2, 0) is 6.42 Å². The molecule has 2 N–H and O–H groups in total. The number of methoxy groups -OCH3 is 2. The van der Waals surface area contributed by atoms with Crippen molar-refractivity contribution in [2.75, 3.05) is 19.5 Å². The van der Waals surface area contributed by atoms with Gasteiger partial charge in [-0.3, -0.25) is 9.59 Å². The number of aromatic nitrogens is 1. The Balaban J connectivity index is 1.94. The van der Waals surface area contributed by atoms with Crippen molar-refractivity contribution in [2.24, 2.45) is 0 Å². The lowest BCUT2D eigenvalue weighted by Crippen LogP contribution is -2.13. The number of benzene rings is 2. The van der Waals surface area contributed by atoms with E-state index in [1.54, 1.807) is 37.4 Å². The van der Waals surface area contributed by atoms with Gasteiger partial charge in [0, 0.05) is 23.2 Å². The van der Waals surface area contributed by atoms with Crippen LogP contribution in [-0.4, -0.2) is 25.1 Å². The predicted octanol–water partition coefficient (Wildman–Crippen LogP) is 3.36. The lowest BCUT2D eigenvalue weighted by molar-refractivity contribution is 0.102. The molecule has 2 aromatic carbocycles. The summed E-state index contributed by atoms with van der Waals surface area (Å²) in [5, 5.41) is 3.80. The van der Waals surface area contributed by atoms with E-state index in [1.807, 2.05) is 19.1 Å². The first-order chi connectivity index (χ1) is 12.5. The molecular formula is C20H20N2O4. The summed E-state index contributed by atoms with van der Waals surface area (Å²) in [7, 11) is 3.05. The Morgan fingerprint density at radius 1 is 1.08 bits per heavy atom. The Kier molecular flexibility index (Phi) is 4.93. The number of amides is 1. The van der Waals surface area contributed by atoms with Crippen LogP contribution >= 0.6 is 0 Å². The van der Waals surface area contributed by atoms with Crippen LogP contribution in [0.25, 0.3) is 10.9 Å². The van der Waals surface area contributed by atoms with Gasteiger partial charge in [-0.25, -0.2) is 0 Å². The molecule has 0 bridgehead atoms. The summed E-state index contributed by atoms with van der Waals surface area (Å²) in [4.78, 5) is 27.2. The Hall–Kier alpha value is -3.28. The number of hydrogen-bond donors (Lipinski definition) is 2. The van der Waals surface area contributed by atoms with E-state index in [1.165, 1.54) is 7.11 Å². The van der Waals surface area contributed by atoms with Crippen molar-refractivity contribution in [2.45, 2.75) is 13.3 Å². The largest absolute Gasteiger partial charge is 0.497 e. The van der Waals surface area contributed by atoms with E-state index in [0.717, 1.165) is 17.4 Å². The van der Waals surface area contributed by atoms with Gasteiger partial charge in [-0.2, -0.15) is 0 Å². The lowest BCUT2D eigenvalue weighted by atomic mass is 10.1. The van der Waals surface area contributed by atoms with Crippen LogP contribution in [0.3, 0.4) is 0 Å². The van der Waals surface area contributed by atoms with Crippen molar-refractivity contribution >= 4 is 22.5 Å². The van der Waals surface area contributed by atoms with Crippen molar-refractivity contribution in [3.05, 3.63) is 63.9 Å². The lowest BCUT2D eigenvalue weighted by Gasteiger charge is -2.12. The van der Waals surface area contributed by atoms with Gasteiger partial charge in [0.25, 0.3) is 5.91 Å². The fourth-order valence-corrected chi connectivity index (χ4v) is 2.89. The number of aryl methyl sites for hydroxylation is 1. The number of aromatic amines is 1. The van der Waals surface area contributed by atoms with Crippen LogP contribution in [0.15, 0.2) is 47.3 Å². The van der Waals surface area contributed by atoms with Crippen LogP contribution in [0.2, 0.25) is 0 Å². The Morgan fingerprint density at radius 3 is 2.58 bits per heavy atom. The topological polar surface area (TPSA) is 80.4 Å². The Bertz CT molecular complexity index is 1020. The third-order valence-corrected chi connectivity index (χ3v) is 4.22. The summed E-state index contributed by atoms with van der Waals surface area (Å²) in [6.07, 6.45) is 0.759. The zero-order chi connectivity index (χ0) is 18.7. The molecule has 1 amide bonds. The molecule has 134 valence electrons. The fourth-order valence-electron chi connectivity index (χ4n) is 2.89. The number of ether oxygens (including phenoxy) is 2. The highest BCUT2D eigenvalue weighted by molar-refractivity contribution is 6.07. The number of fused-ring (bicyclic) bond motifs is 1. The third kappa shape index (κ3) is 3.39. The van der Waals surface area contributed by atoms with Crippen LogP contribution < -0.4 is 20.3 Å². The third-order valence-electron chi connectivity index (χ3n) is 4.22. The molecular weight excluding hydrogens is 332 g/mol. The minimum atomic E-state index is -0.308. The average Bonchev–Trinajstić information content (AvgIpc) is 2.66. The number of pyridine rings is 1. The van der Waals surface area contributed by atoms with Gasteiger partial charge in [0.1, 0.15) is 11.5 Å². The molecule has 6 nitrogen and oxygen atoms in total. The molecule has 6 heteroatoms. The molecule has 26 heavy (non-hydrogen) atoms. The second kappa shape index (κ2) is 7.31. The molecule has 0 radical (unpaired) electrons. The smallest absolute Gasteiger partial charge is 0.259 e. The van der Waals surface area contributed by atoms with Gasteiger partial charge in [-0.05, 0) is 36.2 Å². The zero-order valence-electron chi connectivity index (χ0n) is 14.9. The van der Waals surface area contributed by atoms with E-state index >= 15 is 0 Å². The number of rotatable bonds is 5. The number of carbonyl (C=O) groups excluding carboxylic acids is 1. The van der Waals surface area contributed by atoms with Crippen molar-refractivity contribution in [1.29, 1.82) is 0 Å². The second-order valence-corrected chi connectivity index (χ2v) is 5.79. The summed E-state index contributed by atoms with van der Waals surface area (Å²) in [5.41, 5.74) is 2.48. The SMILES string of the molecule is CCc1cc(=O)[nH]c2cc(NC(=O)c3ccc(OC)cc3OC)ccc12. The molecule has 3 aromatic rings. The minimum absolute atomic E-state index is 0.158. The van der Waals surface area contributed by atoms with E-state index in [-0.39, 0.29) is 11.5 Å². The second-order valence-electron chi connectivity index (χ2n) is 5.79. The first-order valence-corrected chi connectivity index (χ1v) is 8.25. The highest BCUT2D eigenvalue weighted by Crippen LogP contribution is 2.26. The van der Waals surface area contributed by atoms with Crippen LogP contribution in [0, 0.1) is 0 Å². The Labute approximate surface area is 150 Å². The highest BCUT2D eigenvalue weighted by Gasteiger charge is 2.14. The zero-order valence-corrected chi connectivity index (χ0v) is 14.9. The number of hydrogen-bond acceptors (Lipinski definition) is 4. The maximum absolute atomic E-state index is 12.6. The molecule has 0 spiro atoms. The summed E-state index contributed by atoms with van der Waals surface area (Å²) < 4.78 is 10.4. The molecule has 1 aromatic heterocycles. The Morgan fingerprint density at radius 2 is 1.88 bits per heavy atom. The summed E-state index contributed by atoms with van der Waals surface area (Å²) in [5.74, 6) is 0.718. The summed E-state index contributed by atoms with van der Waals surface area (Å²) in [6, 6.07) is 12.1. The molecule has 0 aliphatic heterocycles. The van der Waals surface area contributed by atoms with E-state index < -0.39 is 0 Å². The molecule has 0 saturated heterocycles. The molecule has 0 saturated carbocycles. The molecule has 1 heterocycles. The molecule has 0 fully saturated rings. The van der Waals surface area contributed by atoms with Crippen LogP contribution in [0.1, 0.15) is 22.8 Å². The summed E-state index contributed by atoms with van der Waals surface area (Å²) >= 11 is 0. The highest BCUT2D eigenvalue weighted by atomic mass is 16.5. The molecule has 0 aliphatic rings. The van der Waals surface area contributed by atoms with Gasteiger partial charge < -0.3 is 19.8 Å². The van der Waals surface area contributed by atoms with Gasteiger partial charge in [0.2, 0.25) is 5.56 Å². The van der Waals surface area contributed by atoms with Gasteiger partial charge in [-0.1, -0.05) is 13.0 Å². The summed E-state index contributed by atoms with van der Waals surface area (Å²) in [6.45, 7) is 2.00. The first-order valence-electron chi connectivity index (χ1n) is 8.25. The monoisotopic (exact) mass is 352 g/mol. The molecule has 0 atom stereocenters. The number of anilines is 1. The van der Waals surface area contributed by atoms with Gasteiger partial charge in [-0.15, -0.1) is 0 Å². The number of nitrogens with one attached hydrogen (secondary N) is 2.